The maximum absolute atomic E-state index is 12.2. The van der Waals surface area contributed by atoms with Gasteiger partial charge in [-0.25, -0.2) is 4.79 Å². The summed E-state index contributed by atoms with van der Waals surface area (Å²) in [5.74, 6) is 0.977. The van der Waals surface area contributed by atoms with E-state index >= 15 is 0 Å². The minimum Gasteiger partial charge on any atom is -0.491 e. The summed E-state index contributed by atoms with van der Waals surface area (Å²) in [4.78, 5) is 24.3. The van der Waals surface area contributed by atoms with Crippen LogP contribution in [0.4, 0.5) is 0 Å². The van der Waals surface area contributed by atoms with Gasteiger partial charge in [-0.2, -0.15) is 0 Å². The van der Waals surface area contributed by atoms with Crippen LogP contribution >= 0.6 is 0 Å². The Kier molecular flexibility index (Phi) is 7.31. The zero-order valence-corrected chi connectivity index (χ0v) is 16.8. The Hall–Kier alpha value is -2.08. The fourth-order valence-corrected chi connectivity index (χ4v) is 3.90. The van der Waals surface area contributed by atoms with Gasteiger partial charge in [-0.15, -0.1) is 0 Å². The summed E-state index contributed by atoms with van der Waals surface area (Å²) in [5, 5.41) is 3.01. The molecule has 1 saturated carbocycles. The van der Waals surface area contributed by atoms with Gasteiger partial charge in [0, 0.05) is 12.6 Å². The van der Waals surface area contributed by atoms with E-state index in [0.29, 0.717) is 29.8 Å². The van der Waals surface area contributed by atoms with Gasteiger partial charge in [0.05, 0.1) is 11.7 Å². The average molecular weight is 389 g/mol. The molecule has 154 valence electrons. The average Bonchev–Trinajstić information content (AvgIpc) is 3.22. The van der Waals surface area contributed by atoms with E-state index < -0.39 is 5.97 Å². The van der Waals surface area contributed by atoms with Gasteiger partial charge in [0.15, 0.2) is 6.61 Å². The lowest BCUT2D eigenvalue weighted by atomic mass is 9.78. The zero-order chi connectivity index (χ0) is 19.9. The number of hydrogen-bond acceptors (Lipinski definition) is 5. The highest BCUT2D eigenvalue weighted by Gasteiger charge is 2.28. The van der Waals surface area contributed by atoms with Crippen LogP contribution in [0.2, 0.25) is 0 Å². The Bertz CT molecular complexity index is 653. The van der Waals surface area contributed by atoms with Crippen molar-refractivity contribution >= 4 is 11.9 Å². The third-order valence-electron chi connectivity index (χ3n) is 5.94. The summed E-state index contributed by atoms with van der Waals surface area (Å²) < 4.78 is 16.4. The molecule has 0 spiro atoms. The van der Waals surface area contributed by atoms with Crippen molar-refractivity contribution in [3.63, 3.8) is 0 Å². The first-order valence-electron chi connectivity index (χ1n) is 10.3. The van der Waals surface area contributed by atoms with Gasteiger partial charge in [-0.05, 0) is 55.4 Å². The van der Waals surface area contributed by atoms with E-state index in [-0.39, 0.29) is 24.7 Å². The van der Waals surface area contributed by atoms with Crippen LogP contribution in [0.25, 0.3) is 0 Å². The molecule has 28 heavy (non-hydrogen) atoms. The number of benzene rings is 1. The normalized spacial score (nSPS) is 27.2. The van der Waals surface area contributed by atoms with E-state index in [4.69, 9.17) is 14.2 Å². The molecule has 2 fully saturated rings. The molecule has 1 aliphatic heterocycles. The highest BCUT2D eigenvalue weighted by atomic mass is 16.5. The van der Waals surface area contributed by atoms with Gasteiger partial charge in [-0.3, -0.25) is 4.79 Å². The van der Waals surface area contributed by atoms with Crippen LogP contribution in [0.15, 0.2) is 24.3 Å². The highest BCUT2D eigenvalue weighted by Crippen LogP contribution is 2.29. The molecule has 0 bridgehead atoms. The number of rotatable bonds is 7. The van der Waals surface area contributed by atoms with Crippen molar-refractivity contribution in [3.8, 4) is 5.75 Å². The number of nitrogens with one attached hydrogen (secondary N) is 1. The lowest BCUT2D eigenvalue weighted by Crippen LogP contribution is -2.45. The van der Waals surface area contributed by atoms with Crippen LogP contribution in [0.1, 0.15) is 56.3 Å². The van der Waals surface area contributed by atoms with Crippen LogP contribution in [0.3, 0.4) is 0 Å². The first-order chi connectivity index (χ1) is 13.5. The molecule has 6 heteroatoms. The maximum Gasteiger partial charge on any atom is 0.338 e. The third-order valence-corrected chi connectivity index (χ3v) is 5.94. The Morgan fingerprint density at radius 1 is 1.11 bits per heavy atom. The van der Waals surface area contributed by atoms with Crippen LogP contribution in [-0.4, -0.2) is 43.8 Å². The molecule has 4 atom stereocenters. The standard InChI is InChI=1S/C22H31NO5/c1-15-5-3-7-20(16(15)2)23-21(24)14-28-22(25)17-8-10-18(11-9-17)27-13-19-6-4-12-26-19/h8-11,15-16,19-20H,3-7,12-14H2,1-2H3,(H,23,24). The fourth-order valence-electron chi connectivity index (χ4n) is 3.90. The first-order valence-corrected chi connectivity index (χ1v) is 10.3. The van der Waals surface area contributed by atoms with Crippen LogP contribution in [0.5, 0.6) is 5.75 Å². The molecule has 1 amide bonds. The monoisotopic (exact) mass is 389 g/mol. The molecule has 1 aliphatic carbocycles. The summed E-state index contributed by atoms with van der Waals surface area (Å²) in [5.41, 5.74) is 0.400. The molecule has 1 N–H and O–H groups in total. The molecule has 1 heterocycles. The number of amides is 1. The van der Waals surface area contributed by atoms with Crippen LogP contribution in [0, 0.1) is 11.8 Å². The maximum atomic E-state index is 12.2. The first kappa shape index (κ1) is 20.6. The van der Waals surface area contributed by atoms with Gasteiger partial charge < -0.3 is 19.5 Å². The molecule has 0 radical (unpaired) electrons. The highest BCUT2D eigenvalue weighted by molar-refractivity contribution is 5.91. The number of hydrogen-bond donors (Lipinski definition) is 1. The SMILES string of the molecule is CC1CCCC(NC(=O)COC(=O)c2ccc(OCC3CCCO3)cc2)C1C. The summed E-state index contributed by atoms with van der Waals surface area (Å²) in [6.07, 6.45) is 5.56. The van der Waals surface area contributed by atoms with Gasteiger partial charge in [0.1, 0.15) is 12.4 Å². The van der Waals surface area contributed by atoms with Gasteiger partial charge in [-0.1, -0.05) is 26.7 Å². The molecular formula is C22H31NO5. The number of esters is 1. The van der Waals surface area contributed by atoms with Crippen molar-refractivity contribution in [2.24, 2.45) is 11.8 Å². The zero-order valence-electron chi connectivity index (χ0n) is 16.8. The van der Waals surface area contributed by atoms with Crippen molar-refractivity contribution in [1.82, 2.24) is 5.32 Å². The summed E-state index contributed by atoms with van der Waals surface area (Å²) in [7, 11) is 0. The molecule has 1 saturated heterocycles. The lowest BCUT2D eigenvalue weighted by molar-refractivity contribution is -0.125. The van der Waals surface area contributed by atoms with Crippen molar-refractivity contribution < 1.29 is 23.8 Å². The summed E-state index contributed by atoms with van der Waals surface area (Å²) in [6.45, 7) is 5.45. The predicted octanol–water partition coefficient (Wildman–Crippen LogP) is 3.34. The van der Waals surface area contributed by atoms with Crippen molar-refractivity contribution in [2.75, 3.05) is 19.8 Å². The Balaban J connectivity index is 1.40. The molecule has 3 rings (SSSR count). The Morgan fingerprint density at radius 3 is 2.61 bits per heavy atom. The van der Waals surface area contributed by atoms with Gasteiger partial charge in [0.2, 0.25) is 0 Å². The molecule has 2 aliphatic rings. The second-order valence-corrected chi connectivity index (χ2v) is 7.99. The van der Waals surface area contributed by atoms with Crippen LogP contribution in [-0.2, 0) is 14.3 Å². The minimum atomic E-state index is -0.508. The molecule has 4 unspecified atom stereocenters. The van der Waals surface area contributed by atoms with Crippen molar-refractivity contribution in [2.45, 2.75) is 58.1 Å². The van der Waals surface area contributed by atoms with E-state index in [2.05, 4.69) is 19.2 Å². The van der Waals surface area contributed by atoms with Crippen molar-refractivity contribution in [3.05, 3.63) is 29.8 Å². The molecular weight excluding hydrogens is 358 g/mol. The smallest absolute Gasteiger partial charge is 0.338 e. The van der Waals surface area contributed by atoms with E-state index in [1.807, 2.05) is 0 Å². The number of ether oxygens (including phenoxy) is 3. The third kappa shape index (κ3) is 5.71. The van der Waals surface area contributed by atoms with E-state index in [9.17, 15) is 9.59 Å². The molecule has 6 nitrogen and oxygen atoms in total. The largest absolute Gasteiger partial charge is 0.491 e. The van der Waals surface area contributed by atoms with Gasteiger partial charge >= 0.3 is 5.97 Å². The summed E-state index contributed by atoms with van der Waals surface area (Å²) >= 11 is 0. The Labute approximate surface area is 166 Å². The van der Waals surface area contributed by atoms with E-state index in [1.54, 1.807) is 24.3 Å². The molecule has 0 aromatic heterocycles. The minimum absolute atomic E-state index is 0.151. The number of carbonyl (C=O) groups excluding carboxylic acids is 2. The lowest BCUT2D eigenvalue weighted by Gasteiger charge is -2.34. The second kappa shape index (κ2) is 9.92. The Morgan fingerprint density at radius 2 is 1.89 bits per heavy atom. The molecule has 1 aromatic rings. The van der Waals surface area contributed by atoms with Gasteiger partial charge in [0.25, 0.3) is 5.91 Å². The number of carbonyl (C=O) groups is 2. The van der Waals surface area contributed by atoms with E-state index in [1.165, 1.54) is 6.42 Å². The topological polar surface area (TPSA) is 73.9 Å². The molecule has 1 aromatic carbocycles. The van der Waals surface area contributed by atoms with Crippen LogP contribution < -0.4 is 10.1 Å². The fraction of sp³-hybridized carbons (Fsp3) is 0.636. The second-order valence-electron chi connectivity index (χ2n) is 7.99. The van der Waals surface area contributed by atoms with E-state index in [0.717, 1.165) is 32.3 Å². The van der Waals surface area contributed by atoms with Crippen molar-refractivity contribution in [1.29, 1.82) is 0 Å². The summed E-state index contributed by atoms with van der Waals surface area (Å²) in [6, 6.07) is 6.93. The predicted molar refractivity (Wildman–Crippen MR) is 105 cm³/mol. The quantitative estimate of drug-likeness (QED) is 0.724.